The first kappa shape index (κ1) is 22.2. The van der Waals surface area contributed by atoms with E-state index >= 15 is 0 Å². The molecule has 0 fully saturated rings. The van der Waals surface area contributed by atoms with Crippen LogP contribution in [-0.2, 0) is 16.6 Å². The van der Waals surface area contributed by atoms with Crippen LogP contribution in [0.25, 0.3) is 0 Å². The van der Waals surface area contributed by atoms with E-state index in [1.165, 1.54) is 29.5 Å². The minimum Gasteiger partial charge on any atom is -0.296 e. The van der Waals surface area contributed by atoms with Crippen LogP contribution in [0.3, 0.4) is 0 Å². The normalized spacial score (nSPS) is 11.3. The molecule has 7 nitrogen and oxygen atoms in total. The number of nitrogens with one attached hydrogen (secondary N) is 1. The van der Waals surface area contributed by atoms with Gasteiger partial charge in [-0.1, -0.05) is 54.3 Å². The zero-order chi connectivity index (χ0) is 21.7. The first-order valence-electron chi connectivity index (χ1n) is 8.86. The smallest absolute Gasteiger partial charge is 0.257 e. The molecule has 11 heteroatoms. The van der Waals surface area contributed by atoms with Crippen molar-refractivity contribution in [2.75, 3.05) is 21.6 Å². The lowest BCUT2D eigenvalue weighted by molar-refractivity contribution is 0.102. The summed E-state index contributed by atoms with van der Waals surface area (Å²) >= 11 is 2.83. The number of hydrogen-bond donors (Lipinski definition) is 1. The Kier molecular flexibility index (Phi) is 7.06. The van der Waals surface area contributed by atoms with Gasteiger partial charge in [-0.15, -0.1) is 10.2 Å². The lowest BCUT2D eigenvalue weighted by Crippen LogP contribution is -2.30. The first-order chi connectivity index (χ1) is 14.3. The van der Waals surface area contributed by atoms with Crippen LogP contribution < -0.4 is 9.62 Å². The second kappa shape index (κ2) is 9.54. The highest BCUT2D eigenvalue weighted by Gasteiger charge is 2.21. The number of thioether (sulfide) groups is 1. The van der Waals surface area contributed by atoms with E-state index in [4.69, 9.17) is 0 Å². The fourth-order valence-electron chi connectivity index (χ4n) is 2.57. The van der Waals surface area contributed by atoms with Gasteiger partial charge in [-0.3, -0.25) is 14.4 Å². The average molecular weight is 467 g/mol. The molecule has 0 aliphatic carbocycles. The number of carbonyl (C=O) groups is 1. The van der Waals surface area contributed by atoms with Gasteiger partial charge in [-0.05, 0) is 35.6 Å². The van der Waals surface area contributed by atoms with E-state index in [0.717, 1.165) is 20.7 Å². The molecule has 158 valence electrons. The SMILES string of the molecule is CCSc1nnc(NC(=O)c2ccc(CN(c3ccccc3F)S(C)(=O)=O)cc2)s1. The van der Waals surface area contributed by atoms with Crippen LogP contribution in [0.5, 0.6) is 0 Å². The Balaban J connectivity index is 1.73. The highest BCUT2D eigenvalue weighted by molar-refractivity contribution is 8.01. The molecule has 2 aromatic carbocycles. The molecular weight excluding hydrogens is 447 g/mol. The van der Waals surface area contributed by atoms with Crippen LogP contribution in [0, 0.1) is 5.82 Å². The molecule has 30 heavy (non-hydrogen) atoms. The number of benzene rings is 2. The van der Waals surface area contributed by atoms with Gasteiger partial charge in [-0.25, -0.2) is 12.8 Å². The molecule has 0 saturated carbocycles. The third kappa shape index (κ3) is 5.55. The number of aromatic nitrogens is 2. The number of para-hydroxylation sites is 1. The highest BCUT2D eigenvalue weighted by Crippen LogP contribution is 2.26. The summed E-state index contributed by atoms with van der Waals surface area (Å²) in [5, 5.41) is 11.0. The maximum Gasteiger partial charge on any atom is 0.257 e. The summed E-state index contributed by atoms with van der Waals surface area (Å²) in [4.78, 5) is 12.4. The molecule has 1 amide bonds. The Hall–Kier alpha value is -2.50. The van der Waals surface area contributed by atoms with Crippen molar-refractivity contribution < 1.29 is 17.6 Å². The van der Waals surface area contributed by atoms with Crippen molar-refractivity contribution in [2.45, 2.75) is 17.8 Å². The van der Waals surface area contributed by atoms with Crippen LogP contribution in [0.2, 0.25) is 0 Å². The van der Waals surface area contributed by atoms with E-state index in [2.05, 4.69) is 15.5 Å². The minimum atomic E-state index is -3.71. The molecule has 0 atom stereocenters. The van der Waals surface area contributed by atoms with E-state index in [-0.39, 0.29) is 18.1 Å². The van der Waals surface area contributed by atoms with Crippen molar-refractivity contribution in [3.8, 4) is 0 Å². The summed E-state index contributed by atoms with van der Waals surface area (Å²) in [5.74, 6) is -0.113. The second-order valence-electron chi connectivity index (χ2n) is 6.18. The number of nitrogens with zero attached hydrogens (tertiary/aromatic N) is 3. The Bertz CT molecular complexity index is 1130. The number of anilines is 2. The van der Waals surface area contributed by atoms with Crippen molar-refractivity contribution in [3.05, 3.63) is 65.5 Å². The van der Waals surface area contributed by atoms with Gasteiger partial charge >= 0.3 is 0 Å². The molecule has 0 saturated heterocycles. The van der Waals surface area contributed by atoms with Crippen LogP contribution in [0.4, 0.5) is 15.2 Å². The average Bonchev–Trinajstić information content (AvgIpc) is 3.13. The standard InChI is InChI=1S/C19H19FN4O3S3/c1-3-28-19-23-22-18(29-19)21-17(25)14-10-8-13(9-11-14)12-24(30(2,26)27)16-7-5-4-6-15(16)20/h4-11H,3,12H2,1-2H3,(H,21,22,25). The van der Waals surface area contributed by atoms with Crippen molar-refractivity contribution in [1.29, 1.82) is 0 Å². The van der Waals surface area contributed by atoms with Gasteiger partial charge in [0.2, 0.25) is 15.2 Å². The van der Waals surface area contributed by atoms with Gasteiger partial charge in [-0.2, -0.15) is 0 Å². The Morgan fingerprint density at radius 2 is 1.87 bits per heavy atom. The zero-order valence-corrected chi connectivity index (χ0v) is 18.7. The molecule has 1 heterocycles. The van der Waals surface area contributed by atoms with Crippen molar-refractivity contribution in [1.82, 2.24) is 10.2 Å². The zero-order valence-electron chi connectivity index (χ0n) is 16.2. The van der Waals surface area contributed by atoms with Gasteiger partial charge in [0.1, 0.15) is 5.82 Å². The monoisotopic (exact) mass is 466 g/mol. The fraction of sp³-hybridized carbons (Fsp3) is 0.211. The maximum atomic E-state index is 14.1. The number of carbonyl (C=O) groups excluding carboxylic acids is 1. The molecule has 3 rings (SSSR count). The summed E-state index contributed by atoms with van der Waals surface area (Å²) in [6, 6.07) is 12.1. The van der Waals surface area contributed by atoms with E-state index in [0.29, 0.717) is 16.3 Å². The fourth-order valence-corrected chi connectivity index (χ4v) is 5.11. The third-order valence-corrected chi connectivity index (χ3v) is 6.94. The molecular formula is C19H19FN4O3S3. The largest absolute Gasteiger partial charge is 0.296 e. The summed E-state index contributed by atoms with van der Waals surface area (Å²) in [6.45, 7) is 1.94. The molecule has 1 N–H and O–H groups in total. The third-order valence-electron chi connectivity index (χ3n) is 3.96. The van der Waals surface area contributed by atoms with Crippen LogP contribution >= 0.6 is 23.1 Å². The van der Waals surface area contributed by atoms with E-state index < -0.39 is 15.8 Å². The lowest BCUT2D eigenvalue weighted by atomic mass is 10.1. The molecule has 3 aromatic rings. The predicted molar refractivity (Wildman–Crippen MR) is 118 cm³/mol. The topological polar surface area (TPSA) is 92.3 Å². The first-order valence-corrected chi connectivity index (χ1v) is 12.5. The van der Waals surface area contributed by atoms with Crippen molar-refractivity contribution in [2.24, 2.45) is 0 Å². The number of amides is 1. The number of hydrogen-bond acceptors (Lipinski definition) is 7. The Morgan fingerprint density at radius 1 is 1.17 bits per heavy atom. The van der Waals surface area contributed by atoms with Gasteiger partial charge < -0.3 is 0 Å². The van der Waals surface area contributed by atoms with Crippen LogP contribution in [0.1, 0.15) is 22.8 Å². The van der Waals surface area contributed by atoms with Gasteiger partial charge in [0.25, 0.3) is 5.91 Å². The van der Waals surface area contributed by atoms with E-state index in [1.807, 2.05) is 6.92 Å². The summed E-state index contributed by atoms with van der Waals surface area (Å²) < 4.78 is 40.3. The maximum absolute atomic E-state index is 14.1. The van der Waals surface area contributed by atoms with Gasteiger partial charge in [0.05, 0.1) is 18.5 Å². The van der Waals surface area contributed by atoms with Gasteiger partial charge in [0.15, 0.2) is 4.34 Å². The molecule has 1 aromatic heterocycles. The summed E-state index contributed by atoms with van der Waals surface area (Å²) in [6.07, 6.45) is 1.02. The van der Waals surface area contributed by atoms with E-state index in [9.17, 15) is 17.6 Å². The number of sulfonamides is 1. The molecule has 0 aliphatic rings. The minimum absolute atomic E-state index is 0.0288. The summed E-state index contributed by atoms with van der Waals surface area (Å²) in [5.41, 5.74) is 0.965. The molecule has 0 radical (unpaired) electrons. The highest BCUT2D eigenvalue weighted by atomic mass is 32.2. The molecule has 0 aliphatic heterocycles. The van der Waals surface area contributed by atoms with Crippen molar-refractivity contribution in [3.63, 3.8) is 0 Å². The van der Waals surface area contributed by atoms with Gasteiger partial charge in [0, 0.05) is 5.56 Å². The lowest BCUT2D eigenvalue weighted by Gasteiger charge is -2.23. The van der Waals surface area contributed by atoms with Crippen LogP contribution in [0.15, 0.2) is 52.9 Å². The quantitative estimate of drug-likeness (QED) is 0.398. The number of rotatable bonds is 8. The Labute approximate surface area is 182 Å². The van der Waals surface area contributed by atoms with Crippen molar-refractivity contribution >= 4 is 49.8 Å². The predicted octanol–water partition coefficient (Wildman–Crippen LogP) is 4.01. The summed E-state index contributed by atoms with van der Waals surface area (Å²) in [7, 11) is -3.71. The molecule has 0 bridgehead atoms. The van der Waals surface area contributed by atoms with Crippen LogP contribution in [-0.4, -0.2) is 36.5 Å². The second-order valence-corrected chi connectivity index (χ2v) is 10.6. The van der Waals surface area contributed by atoms with E-state index in [1.54, 1.807) is 42.1 Å². The number of halogens is 1. The molecule has 0 spiro atoms. The Morgan fingerprint density at radius 3 is 2.50 bits per heavy atom. The molecule has 0 unspecified atom stereocenters.